The van der Waals surface area contributed by atoms with Crippen LogP contribution in [-0.2, 0) is 0 Å². The van der Waals surface area contributed by atoms with Crippen molar-refractivity contribution in [3.05, 3.63) is 151 Å². The fraction of sp³-hybridized carbons (Fsp3) is 0. The molecule has 0 atom stereocenters. The third kappa shape index (κ3) is 3.86. The standard InChI is InChI=1S/C37H24O2/c38-34-23-28(20-21-33(34)37(39)25-11-2-1-3-12-25)36-31-16-8-6-14-29(31)35(30-15-7-9-17-32(30)36)27-19-18-24-10-4-5-13-26(24)22-27/h1-23,38H. The van der Waals surface area contributed by atoms with Crippen LogP contribution in [0.25, 0.3) is 54.6 Å². The van der Waals surface area contributed by atoms with Crippen LogP contribution in [0.2, 0.25) is 0 Å². The van der Waals surface area contributed by atoms with Crippen LogP contribution in [0.3, 0.4) is 0 Å². The molecule has 0 saturated heterocycles. The number of carbonyl (C=O) groups excluding carboxylic acids is 1. The van der Waals surface area contributed by atoms with Crippen molar-refractivity contribution in [2.24, 2.45) is 0 Å². The summed E-state index contributed by atoms with van der Waals surface area (Å²) in [4.78, 5) is 13.1. The molecular weight excluding hydrogens is 476 g/mol. The summed E-state index contributed by atoms with van der Waals surface area (Å²) in [5, 5.41) is 17.9. The van der Waals surface area contributed by atoms with Gasteiger partial charge in [-0.15, -0.1) is 0 Å². The molecule has 7 aromatic carbocycles. The van der Waals surface area contributed by atoms with Crippen molar-refractivity contribution in [1.29, 1.82) is 0 Å². The van der Waals surface area contributed by atoms with Crippen molar-refractivity contribution in [3.8, 4) is 28.0 Å². The minimum Gasteiger partial charge on any atom is -0.507 e. The molecule has 2 heteroatoms. The Morgan fingerprint density at radius 3 is 1.54 bits per heavy atom. The molecule has 7 rings (SSSR count). The molecule has 0 spiro atoms. The van der Waals surface area contributed by atoms with Crippen LogP contribution in [0, 0.1) is 0 Å². The predicted octanol–water partition coefficient (Wildman–Crippen LogP) is 9.42. The Kier molecular flexibility index (Phi) is 5.45. The van der Waals surface area contributed by atoms with Crippen molar-refractivity contribution in [1.82, 2.24) is 0 Å². The van der Waals surface area contributed by atoms with E-state index in [0.717, 1.165) is 32.7 Å². The van der Waals surface area contributed by atoms with E-state index in [9.17, 15) is 9.90 Å². The minimum absolute atomic E-state index is 0.0203. The van der Waals surface area contributed by atoms with Gasteiger partial charge in [-0.1, -0.05) is 121 Å². The number of benzene rings is 7. The molecular formula is C37H24O2. The van der Waals surface area contributed by atoms with E-state index in [1.54, 1.807) is 24.3 Å². The maximum Gasteiger partial charge on any atom is 0.196 e. The van der Waals surface area contributed by atoms with Crippen LogP contribution in [0.1, 0.15) is 15.9 Å². The Morgan fingerprint density at radius 2 is 0.949 bits per heavy atom. The Labute approximate surface area is 226 Å². The molecule has 0 heterocycles. The number of hydrogen-bond acceptors (Lipinski definition) is 2. The van der Waals surface area contributed by atoms with E-state index in [1.807, 2.05) is 24.3 Å². The molecule has 39 heavy (non-hydrogen) atoms. The van der Waals surface area contributed by atoms with E-state index in [2.05, 4.69) is 91.0 Å². The number of phenolic OH excluding ortho intramolecular Hbond substituents is 1. The van der Waals surface area contributed by atoms with E-state index >= 15 is 0 Å². The Morgan fingerprint density at radius 1 is 0.462 bits per heavy atom. The molecule has 2 nitrogen and oxygen atoms in total. The highest BCUT2D eigenvalue weighted by molar-refractivity contribution is 6.22. The first-order valence-corrected chi connectivity index (χ1v) is 13.0. The van der Waals surface area contributed by atoms with Crippen LogP contribution < -0.4 is 0 Å². The first-order valence-electron chi connectivity index (χ1n) is 13.0. The van der Waals surface area contributed by atoms with Crippen molar-refractivity contribution < 1.29 is 9.90 Å². The van der Waals surface area contributed by atoms with Crippen molar-refractivity contribution >= 4 is 38.1 Å². The van der Waals surface area contributed by atoms with Crippen molar-refractivity contribution in [2.75, 3.05) is 0 Å². The Hall–Kier alpha value is -5.21. The summed E-state index contributed by atoms with van der Waals surface area (Å²) in [6.45, 7) is 0. The lowest BCUT2D eigenvalue weighted by Crippen LogP contribution is -2.01. The van der Waals surface area contributed by atoms with Crippen LogP contribution in [0.15, 0.2) is 140 Å². The van der Waals surface area contributed by atoms with Gasteiger partial charge in [0.2, 0.25) is 0 Å². The molecule has 0 aliphatic heterocycles. The topological polar surface area (TPSA) is 37.3 Å². The van der Waals surface area contributed by atoms with E-state index < -0.39 is 0 Å². The highest BCUT2D eigenvalue weighted by atomic mass is 16.3. The molecule has 0 amide bonds. The summed E-state index contributed by atoms with van der Waals surface area (Å²) >= 11 is 0. The zero-order chi connectivity index (χ0) is 26.3. The van der Waals surface area contributed by atoms with E-state index in [-0.39, 0.29) is 11.5 Å². The first-order chi connectivity index (χ1) is 19.2. The maximum absolute atomic E-state index is 13.1. The average Bonchev–Trinajstić information content (AvgIpc) is 2.99. The van der Waals surface area contributed by atoms with Gasteiger partial charge in [-0.2, -0.15) is 0 Å². The van der Waals surface area contributed by atoms with Gasteiger partial charge in [0.15, 0.2) is 5.78 Å². The predicted molar refractivity (Wildman–Crippen MR) is 161 cm³/mol. The van der Waals surface area contributed by atoms with Gasteiger partial charge in [-0.25, -0.2) is 0 Å². The van der Waals surface area contributed by atoms with E-state index in [1.165, 1.54) is 21.9 Å². The molecule has 0 aliphatic carbocycles. The summed E-state index contributed by atoms with van der Waals surface area (Å²) in [6, 6.07) is 46.4. The van der Waals surface area contributed by atoms with Crippen LogP contribution in [0.4, 0.5) is 0 Å². The summed E-state index contributed by atoms with van der Waals surface area (Å²) in [6.07, 6.45) is 0. The van der Waals surface area contributed by atoms with Gasteiger partial charge in [-0.05, 0) is 72.8 Å². The molecule has 0 bridgehead atoms. The van der Waals surface area contributed by atoms with Crippen LogP contribution in [0.5, 0.6) is 5.75 Å². The second-order valence-electron chi connectivity index (χ2n) is 9.83. The molecule has 0 saturated carbocycles. The summed E-state index contributed by atoms with van der Waals surface area (Å²) in [5.74, 6) is -0.214. The number of ketones is 1. The van der Waals surface area contributed by atoms with Crippen molar-refractivity contribution in [2.45, 2.75) is 0 Å². The maximum atomic E-state index is 13.1. The third-order valence-electron chi connectivity index (χ3n) is 7.54. The third-order valence-corrected chi connectivity index (χ3v) is 7.54. The molecule has 7 aromatic rings. The first kappa shape index (κ1) is 22.9. The van der Waals surface area contributed by atoms with Gasteiger partial charge < -0.3 is 5.11 Å². The normalized spacial score (nSPS) is 11.3. The number of phenols is 1. The molecule has 0 aromatic heterocycles. The smallest absolute Gasteiger partial charge is 0.196 e. The second kappa shape index (κ2) is 9.27. The minimum atomic E-state index is -0.194. The largest absolute Gasteiger partial charge is 0.507 e. The van der Waals surface area contributed by atoms with Gasteiger partial charge in [0, 0.05) is 5.56 Å². The highest BCUT2D eigenvalue weighted by Crippen LogP contribution is 2.44. The highest BCUT2D eigenvalue weighted by Gasteiger charge is 2.19. The lowest BCUT2D eigenvalue weighted by molar-refractivity contribution is 0.103. The zero-order valence-corrected chi connectivity index (χ0v) is 21.1. The molecule has 1 N–H and O–H groups in total. The summed E-state index contributed by atoms with van der Waals surface area (Å²) in [7, 11) is 0. The monoisotopic (exact) mass is 500 g/mol. The molecule has 0 radical (unpaired) electrons. The summed E-state index contributed by atoms with van der Waals surface area (Å²) < 4.78 is 0. The van der Waals surface area contributed by atoms with E-state index in [0.29, 0.717) is 11.1 Å². The zero-order valence-electron chi connectivity index (χ0n) is 21.1. The second-order valence-corrected chi connectivity index (χ2v) is 9.83. The molecule has 184 valence electrons. The van der Waals surface area contributed by atoms with Crippen LogP contribution >= 0.6 is 0 Å². The van der Waals surface area contributed by atoms with E-state index in [4.69, 9.17) is 0 Å². The lowest BCUT2D eigenvalue weighted by Gasteiger charge is -2.18. The van der Waals surface area contributed by atoms with Crippen LogP contribution in [-0.4, -0.2) is 10.9 Å². The van der Waals surface area contributed by atoms with Gasteiger partial charge in [0.05, 0.1) is 5.56 Å². The Balaban J connectivity index is 1.47. The number of aromatic hydroxyl groups is 1. The number of carbonyl (C=O) groups is 1. The fourth-order valence-electron chi connectivity index (χ4n) is 5.72. The number of hydrogen-bond donors (Lipinski definition) is 1. The lowest BCUT2D eigenvalue weighted by atomic mass is 9.85. The Bertz CT molecular complexity index is 1980. The average molecular weight is 501 g/mol. The van der Waals surface area contributed by atoms with Crippen molar-refractivity contribution in [3.63, 3.8) is 0 Å². The van der Waals surface area contributed by atoms with Gasteiger partial charge in [-0.3, -0.25) is 4.79 Å². The summed E-state index contributed by atoms with van der Waals surface area (Å²) in [5.41, 5.74) is 5.12. The van der Waals surface area contributed by atoms with Gasteiger partial charge >= 0.3 is 0 Å². The molecule has 0 aliphatic rings. The molecule has 0 unspecified atom stereocenters. The van der Waals surface area contributed by atoms with Gasteiger partial charge in [0.1, 0.15) is 5.75 Å². The van der Waals surface area contributed by atoms with Gasteiger partial charge in [0.25, 0.3) is 0 Å². The number of rotatable bonds is 4. The molecule has 0 fully saturated rings. The number of fused-ring (bicyclic) bond motifs is 3. The quantitative estimate of drug-likeness (QED) is 0.193. The SMILES string of the molecule is O=C(c1ccccc1)c1ccc(-c2c3ccccc3c(-c3ccc4ccccc4c3)c3ccccc23)cc1O. The fourth-order valence-corrected chi connectivity index (χ4v) is 5.72.